The second-order valence-electron chi connectivity index (χ2n) is 8.99. The Morgan fingerprint density at radius 1 is 1.03 bits per heavy atom. The van der Waals surface area contributed by atoms with Crippen molar-refractivity contribution in [3.05, 3.63) is 74.9 Å². The van der Waals surface area contributed by atoms with Gasteiger partial charge in [0, 0.05) is 30.4 Å². The number of hydrogen-bond acceptors (Lipinski definition) is 5. The first-order valence-corrected chi connectivity index (χ1v) is 11.4. The van der Waals surface area contributed by atoms with E-state index in [1.54, 1.807) is 31.3 Å². The number of aromatic nitrogens is 4. The lowest BCUT2D eigenvalue weighted by Gasteiger charge is -2.16. The fourth-order valence-corrected chi connectivity index (χ4v) is 3.97. The van der Waals surface area contributed by atoms with Crippen LogP contribution in [0.15, 0.2) is 58.1 Å². The summed E-state index contributed by atoms with van der Waals surface area (Å²) in [5, 5.41) is 7.45. The average molecular weight is 477 g/mol. The molecule has 35 heavy (non-hydrogen) atoms. The van der Waals surface area contributed by atoms with E-state index >= 15 is 0 Å². The second-order valence-corrected chi connectivity index (χ2v) is 8.99. The number of amides is 2. The largest absolute Gasteiger partial charge is 0.352 e. The zero-order valence-electron chi connectivity index (χ0n) is 20.3. The van der Waals surface area contributed by atoms with Gasteiger partial charge < -0.3 is 10.2 Å². The molecule has 0 saturated carbocycles. The van der Waals surface area contributed by atoms with Crippen molar-refractivity contribution in [3.63, 3.8) is 0 Å². The Morgan fingerprint density at radius 3 is 2.34 bits per heavy atom. The van der Waals surface area contributed by atoms with Crippen molar-refractivity contribution in [2.75, 3.05) is 11.9 Å². The van der Waals surface area contributed by atoms with E-state index in [1.165, 1.54) is 19.9 Å². The first kappa shape index (κ1) is 23.9. The highest BCUT2D eigenvalue weighted by atomic mass is 16.2. The number of anilines is 1. The van der Waals surface area contributed by atoms with Crippen LogP contribution in [0.5, 0.6) is 0 Å². The third kappa shape index (κ3) is 4.34. The molecular weight excluding hydrogens is 448 g/mol. The number of rotatable bonds is 6. The van der Waals surface area contributed by atoms with Gasteiger partial charge in [0.15, 0.2) is 0 Å². The molecule has 0 aliphatic rings. The van der Waals surface area contributed by atoms with Crippen LogP contribution < -0.4 is 21.5 Å². The number of benzene rings is 2. The van der Waals surface area contributed by atoms with E-state index in [0.29, 0.717) is 11.3 Å². The Hall–Kier alpha value is -4.21. The molecule has 0 unspecified atom stereocenters. The molecule has 10 nitrogen and oxygen atoms in total. The number of likely N-dealkylation sites (N-methyl/N-ethyl adjacent to an activating group) is 1. The van der Waals surface area contributed by atoms with E-state index in [-0.39, 0.29) is 52.7 Å². The summed E-state index contributed by atoms with van der Waals surface area (Å²) in [4.78, 5) is 53.7. The van der Waals surface area contributed by atoms with E-state index in [0.717, 1.165) is 4.68 Å². The number of hydrogen-bond donors (Lipinski definition) is 1. The molecule has 2 aromatic heterocycles. The molecule has 1 N–H and O–H groups in total. The molecule has 4 aromatic rings. The van der Waals surface area contributed by atoms with Crippen molar-refractivity contribution >= 4 is 34.2 Å². The molecule has 10 heteroatoms. The van der Waals surface area contributed by atoms with Gasteiger partial charge in [0.05, 0.1) is 10.9 Å². The van der Waals surface area contributed by atoms with E-state index in [4.69, 9.17) is 0 Å². The summed E-state index contributed by atoms with van der Waals surface area (Å²) in [6, 6.07) is 13.3. The van der Waals surface area contributed by atoms with Crippen LogP contribution in [0.25, 0.3) is 16.7 Å². The maximum atomic E-state index is 13.5. The first-order chi connectivity index (χ1) is 16.6. The van der Waals surface area contributed by atoms with Crippen LogP contribution in [0.1, 0.15) is 44.1 Å². The van der Waals surface area contributed by atoms with Gasteiger partial charge in [-0.05, 0) is 58.0 Å². The van der Waals surface area contributed by atoms with Gasteiger partial charge in [-0.1, -0.05) is 18.2 Å². The smallest absolute Gasteiger partial charge is 0.350 e. The van der Waals surface area contributed by atoms with Crippen molar-refractivity contribution in [1.29, 1.82) is 0 Å². The highest BCUT2D eigenvalue weighted by Gasteiger charge is 2.22. The lowest BCUT2D eigenvalue weighted by molar-refractivity contribution is -0.119. The highest BCUT2D eigenvalue weighted by Crippen LogP contribution is 2.17. The molecule has 2 amide bonds. The van der Waals surface area contributed by atoms with E-state index in [2.05, 4.69) is 10.4 Å². The Labute approximate surface area is 201 Å². The van der Waals surface area contributed by atoms with Gasteiger partial charge >= 0.3 is 5.69 Å². The summed E-state index contributed by atoms with van der Waals surface area (Å²) >= 11 is 0. The standard InChI is InChI=1S/C25H28N6O4/c1-15(2)26-22(33)17-11-12-19-20(13-17)31-24(30(16(3)4)23(19)34)27-29(25(31)35)14-21(32)28(5)18-9-7-6-8-10-18/h6-13,15-16H,14H2,1-5H3,(H,26,33). The molecule has 0 spiro atoms. The molecule has 0 radical (unpaired) electrons. The molecule has 0 fully saturated rings. The molecule has 2 aromatic carbocycles. The zero-order valence-corrected chi connectivity index (χ0v) is 20.3. The van der Waals surface area contributed by atoms with Gasteiger partial charge in [-0.15, -0.1) is 5.10 Å². The zero-order chi connectivity index (χ0) is 25.4. The summed E-state index contributed by atoms with van der Waals surface area (Å²) in [5.74, 6) is -0.552. The molecule has 0 saturated heterocycles. The summed E-state index contributed by atoms with van der Waals surface area (Å²) in [5.41, 5.74) is 0.352. The van der Waals surface area contributed by atoms with Crippen LogP contribution in [0.2, 0.25) is 0 Å². The van der Waals surface area contributed by atoms with Crippen molar-refractivity contribution in [1.82, 2.24) is 24.1 Å². The highest BCUT2D eigenvalue weighted by molar-refractivity contribution is 5.98. The molecule has 0 bridgehead atoms. The minimum absolute atomic E-state index is 0.0785. The van der Waals surface area contributed by atoms with Gasteiger partial charge in [0.25, 0.3) is 11.5 Å². The number of para-hydroxylation sites is 1. The summed E-state index contributed by atoms with van der Waals surface area (Å²) in [7, 11) is 1.62. The predicted molar refractivity (Wildman–Crippen MR) is 134 cm³/mol. The van der Waals surface area contributed by atoms with Crippen LogP contribution in [-0.2, 0) is 11.3 Å². The average Bonchev–Trinajstić information content (AvgIpc) is 3.13. The van der Waals surface area contributed by atoms with Crippen molar-refractivity contribution in [2.24, 2.45) is 0 Å². The Morgan fingerprint density at radius 2 is 1.71 bits per heavy atom. The molecule has 0 atom stereocenters. The number of carbonyl (C=O) groups is 2. The van der Waals surface area contributed by atoms with Crippen LogP contribution in [0.4, 0.5) is 5.69 Å². The molecule has 0 aliphatic carbocycles. The third-order valence-electron chi connectivity index (χ3n) is 5.73. The maximum absolute atomic E-state index is 13.5. The fourth-order valence-electron chi connectivity index (χ4n) is 3.97. The van der Waals surface area contributed by atoms with Crippen molar-refractivity contribution in [3.8, 4) is 0 Å². The number of carbonyl (C=O) groups excluding carboxylic acids is 2. The third-order valence-corrected chi connectivity index (χ3v) is 5.73. The Balaban J connectivity index is 1.89. The SMILES string of the molecule is CC(C)NC(=O)c1ccc2c(=O)n(C(C)C)c3nn(CC(=O)N(C)c4ccccc4)c(=O)n3c2c1. The topological polar surface area (TPSA) is 111 Å². The number of nitrogens with zero attached hydrogens (tertiary/aromatic N) is 5. The Bertz CT molecular complexity index is 1550. The normalized spacial score (nSPS) is 11.5. The van der Waals surface area contributed by atoms with Crippen molar-refractivity contribution in [2.45, 2.75) is 46.3 Å². The van der Waals surface area contributed by atoms with Crippen LogP contribution in [-0.4, -0.2) is 43.7 Å². The molecule has 182 valence electrons. The number of fused-ring (bicyclic) bond motifs is 3. The molecule has 4 rings (SSSR count). The lowest BCUT2D eigenvalue weighted by atomic mass is 10.1. The first-order valence-electron chi connectivity index (χ1n) is 11.4. The Kier molecular flexibility index (Phi) is 6.29. The summed E-state index contributed by atoms with van der Waals surface area (Å²) < 4.78 is 3.76. The summed E-state index contributed by atoms with van der Waals surface area (Å²) in [6.45, 7) is 7.01. The van der Waals surface area contributed by atoms with Gasteiger partial charge in [0.1, 0.15) is 6.54 Å². The lowest BCUT2D eigenvalue weighted by Crippen LogP contribution is -2.34. The monoisotopic (exact) mass is 476 g/mol. The van der Waals surface area contributed by atoms with Gasteiger partial charge in [-0.3, -0.25) is 19.0 Å². The quantitative estimate of drug-likeness (QED) is 0.459. The molecular formula is C25H28N6O4. The minimum atomic E-state index is -0.573. The van der Waals surface area contributed by atoms with Gasteiger partial charge in [-0.25, -0.2) is 13.9 Å². The van der Waals surface area contributed by atoms with E-state index in [1.807, 2.05) is 45.9 Å². The predicted octanol–water partition coefficient (Wildman–Crippen LogP) is 2.19. The number of nitrogens with one attached hydrogen (secondary N) is 1. The van der Waals surface area contributed by atoms with Gasteiger partial charge in [0.2, 0.25) is 11.7 Å². The minimum Gasteiger partial charge on any atom is -0.350 e. The van der Waals surface area contributed by atoms with Crippen LogP contribution in [0, 0.1) is 0 Å². The van der Waals surface area contributed by atoms with Crippen molar-refractivity contribution < 1.29 is 9.59 Å². The van der Waals surface area contributed by atoms with Gasteiger partial charge in [-0.2, -0.15) is 0 Å². The van der Waals surface area contributed by atoms with Crippen LogP contribution >= 0.6 is 0 Å². The van der Waals surface area contributed by atoms with E-state index < -0.39 is 5.69 Å². The maximum Gasteiger partial charge on any atom is 0.352 e. The fraction of sp³-hybridized carbons (Fsp3) is 0.320. The molecule has 0 aliphatic heterocycles. The second kappa shape index (κ2) is 9.21. The van der Waals surface area contributed by atoms with Crippen LogP contribution in [0.3, 0.4) is 0 Å². The summed E-state index contributed by atoms with van der Waals surface area (Å²) in [6.07, 6.45) is 0. The molecule has 2 heterocycles. The van der Waals surface area contributed by atoms with E-state index in [9.17, 15) is 19.2 Å².